The molecule has 0 saturated carbocycles. The highest BCUT2D eigenvalue weighted by Crippen LogP contribution is 2.39. The van der Waals surface area contributed by atoms with E-state index in [4.69, 9.17) is 14.2 Å². The summed E-state index contributed by atoms with van der Waals surface area (Å²) in [4.78, 5) is 12.2. The molecule has 2 rings (SSSR count). The molecule has 1 atom stereocenters. The quantitative estimate of drug-likeness (QED) is 0.677. The van der Waals surface area contributed by atoms with Gasteiger partial charge in [-0.3, -0.25) is 4.79 Å². The molecule has 0 saturated heterocycles. The van der Waals surface area contributed by atoms with Gasteiger partial charge < -0.3 is 24.8 Å². The van der Waals surface area contributed by atoms with Gasteiger partial charge in [-0.1, -0.05) is 28.1 Å². The van der Waals surface area contributed by atoms with E-state index in [-0.39, 0.29) is 18.5 Å². The highest BCUT2D eigenvalue weighted by Gasteiger charge is 2.14. The summed E-state index contributed by atoms with van der Waals surface area (Å²) in [5.41, 5.74) is 1.74. The van der Waals surface area contributed by atoms with E-state index >= 15 is 0 Å². The molecule has 0 aromatic heterocycles. The number of hydrogen-bond donors (Lipinski definition) is 2. The van der Waals surface area contributed by atoms with Crippen LogP contribution in [-0.4, -0.2) is 33.8 Å². The molecule has 0 aliphatic heterocycles. The number of rotatable bonds is 8. The minimum absolute atomic E-state index is 0.0858. The summed E-state index contributed by atoms with van der Waals surface area (Å²) in [5.74, 6) is 1.44. The van der Waals surface area contributed by atoms with Crippen molar-refractivity contribution < 1.29 is 19.0 Å². The summed E-state index contributed by atoms with van der Waals surface area (Å²) in [7, 11) is 4.64. The first-order chi connectivity index (χ1) is 12.5. The molecule has 0 heterocycles. The summed E-state index contributed by atoms with van der Waals surface area (Å²) in [5, 5.41) is 6.04. The highest BCUT2D eigenvalue weighted by molar-refractivity contribution is 9.10. The molecular weight excluding hydrogens is 400 g/mol. The second-order valence-corrected chi connectivity index (χ2v) is 6.52. The van der Waals surface area contributed by atoms with Gasteiger partial charge in [-0.2, -0.15) is 0 Å². The van der Waals surface area contributed by atoms with Crippen molar-refractivity contribution in [3.63, 3.8) is 0 Å². The van der Waals surface area contributed by atoms with Gasteiger partial charge >= 0.3 is 0 Å². The molecule has 0 fully saturated rings. The fourth-order valence-corrected chi connectivity index (χ4v) is 2.76. The smallest absolute Gasteiger partial charge is 0.239 e. The van der Waals surface area contributed by atoms with Crippen LogP contribution in [0.2, 0.25) is 0 Å². The van der Waals surface area contributed by atoms with Crippen LogP contribution in [0.1, 0.15) is 18.5 Å². The lowest BCUT2D eigenvalue weighted by molar-refractivity contribution is -0.120. The first-order valence-corrected chi connectivity index (χ1v) is 8.86. The molecule has 7 heteroatoms. The number of amides is 1. The number of halogens is 1. The third-order valence-corrected chi connectivity index (χ3v) is 4.39. The van der Waals surface area contributed by atoms with Crippen molar-refractivity contribution in [3.8, 4) is 17.2 Å². The van der Waals surface area contributed by atoms with E-state index in [9.17, 15) is 4.79 Å². The molecule has 2 N–H and O–H groups in total. The molecule has 0 radical (unpaired) electrons. The van der Waals surface area contributed by atoms with Crippen molar-refractivity contribution >= 4 is 27.5 Å². The van der Waals surface area contributed by atoms with E-state index in [1.54, 1.807) is 33.5 Å². The molecule has 140 valence electrons. The standard InChI is InChI=1S/C19H23BrN2O4/c1-12(13-5-7-14(20)8-6-13)22-18(23)11-21-15-9-16(24-2)19(26-4)17(10-15)25-3/h5-10,12,21H,11H2,1-4H3,(H,22,23). The Kier molecular flexibility index (Phi) is 7.15. The molecule has 2 aromatic carbocycles. The first kappa shape index (κ1) is 19.9. The first-order valence-electron chi connectivity index (χ1n) is 8.07. The zero-order valence-electron chi connectivity index (χ0n) is 15.3. The Bertz CT molecular complexity index is 725. The zero-order chi connectivity index (χ0) is 19.1. The Morgan fingerprint density at radius 2 is 1.62 bits per heavy atom. The van der Waals surface area contributed by atoms with Crippen LogP contribution in [0.4, 0.5) is 5.69 Å². The maximum absolute atomic E-state index is 12.2. The molecule has 0 spiro atoms. The maximum atomic E-state index is 12.2. The number of ether oxygens (including phenoxy) is 3. The van der Waals surface area contributed by atoms with Gasteiger partial charge in [-0.05, 0) is 24.6 Å². The summed E-state index contributed by atoms with van der Waals surface area (Å²) < 4.78 is 16.9. The number of methoxy groups -OCH3 is 3. The lowest BCUT2D eigenvalue weighted by Gasteiger charge is -2.17. The summed E-state index contributed by atoms with van der Waals surface area (Å²) >= 11 is 3.40. The SMILES string of the molecule is COc1cc(NCC(=O)NC(C)c2ccc(Br)cc2)cc(OC)c1OC. The molecule has 2 aromatic rings. The second-order valence-electron chi connectivity index (χ2n) is 5.61. The average molecular weight is 423 g/mol. The topological polar surface area (TPSA) is 68.8 Å². The number of hydrogen-bond acceptors (Lipinski definition) is 5. The zero-order valence-corrected chi connectivity index (χ0v) is 16.8. The molecule has 1 amide bonds. The van der Waals surface area contributed by atoms with E-state index in [1.807, 2.05) is 31.2 Å². The fraction of sp³-hybridized carbons (Fsp3) is 0.316. The Labute approximate surface area is 162 Å². The van der Waals surface area contributed by atoms with Crippen molar-refractivity contribution in [1.29, 1.82) is 0 Å². The van der Waals surface area contributed by atoms with Crippen molar-refractivity contribution in [1.82, 2.24) is 5.32 Å². The molecular formula is C19H23BrN2O4. The van der Waals surface area contributed by atoms with Gasteiger partial charge in [0.05, 0.1) is 33.9 Å². The number of benzene rings is 2. The van der Waals surface area contributed by atoms with E-state index in [1.165, 1.54) is 0 Å². The third-order valence-electron chi connectivity index (χ3n) is 3.87. The van der Waals surface area contributed by atoms with Crippen LogP contribution in [0, 0.1) is 0 Å². The minimum atomic E-state index is -0.117. The summed E-state index contributed by atoms with van der Waals surface area (Å²) in [6.45, 7) is 2.07. The minimum Gasteiger partial charge on any atom is -0.493 e. The lowest BCUT2D eigenvalue weighted by Crippen LogP contribution is -2.32. The van der Waals surface area contributed by atoms with Crippen LogP contribution >= 0.6 is 15.9 Å². The Hall–Kier alpha value is -2.41. The van der Waals surface area contributed by atoms with Gasteiger partial charge in [0.15, 0.2) is 11.5 Å². The van der Waals surface area contributed by atoms with Crippen LogP contribution in [0.15, 0.2) is 40.9 Å². The second kappa shape index (κ2) is 9.33. The van der Waals surface area contributed by atoms with Crippen LogP contribution in [0.3, 0.4) is 0 Å². The predicted molar refractivity (Wildman–Crippen MR) is 105 cm³/mol. The number of anilines is 1. The molecule has 0 aliphatic carbocycles. The van der Waals surface area contributed by atoms with Crippen LogP contribution in [-0.2, 0) is 4.79 Å². The third kappa shape index (κ3) is 5.05. The van der Waals surface area contributed by atoms with E-state index in [0.29, 0.717) is 22.9 Å². The Morgan fingerprint density at radius 3 is 2.12 bits per heavy atom. The Balaban J connectivity index is 1.99. The number of carbonyl (C=O) groups excluding carboxylic acids is 1. The van der Waals surface area contributed by atoms with Gasteiger partial charge in [0.2, 0.25) is 11.7 Å². The fourth-order valence-electron chi connectivity index (χ4n) is 2.49. The lowest BCUT2D eigenvalue weighted by atomic mass is 10.1. The summed E-state index contributed by atoms with van der Waals surface area (Å²) in [6, 6.07) is 11.3. The van der Waals surface area contributed by atoms with Gasteiger partial charge in [-0.15, -0.1) is 0 Å². The van der Waals surface area contributed by atoms with E-state index in [0.717, 1.165) is 10.0 Å². The van der Waals surface area contributed by atoms with Crippen LogP contribution in [0.25, 0.3) is 0 Å². The number of carbonyl (C=O) groups is 1. The van der Waals surface area contributed by atoms with Crippen molar-refractivity contribution in [3.05, 3.63) is 46.4 Å². The number of nitrogens with one attached hydrogen (secondary N) is 2. The van der Waals surface area contributed by atoms with E-state index < -0.39 is 0 Å². The van der Waals surface area contributed by atoms with Gasteiger partial charge in [0, 0.05) is 22.3 Å². The van der Waals surface area contributed by atoms with Gasteiger partial charge in [-0.25, -0.2) is 0 Å². The maximum Gasteiger partial charge on any atom is 0.239 e. The van der Waals surface area contributed by atoms with E-state index in [2.05, 4.69) is 26.6 Å². The van der Waals surface area contributed by atoms with Gasteiger partial charge in [0.1, 0.15) is 0 Å². The van der Waals surface area contributed by atoms with Crippen LogP contribution in [0.5, 0.6) is 17.2 Å². The molecule has 0 bridgehead atoms. The largest absolute Gasteiger partial charge is 0.493 e. The van der Waals surface area contributed by atoms with Crippen molar-refractivity contribution in [2.75, 3.05) is 33.2 Å². The molecule has 6 nitrogen and oxygen atoms in total. The van der Waals surface area contributed by atoms with Crippen LogP contribution < -0.4 is 24.8 Å². The van der Waals surface area contributed by atoms with Crippen molar-refractivity contribution in [2.24, 2.45) is 0 Å². The highest BCUT2D eigenvalue weighted by atomic mass is 79.9. The summed E-state index contributed by atoms with van der Waals surface area (Å²) in [6.07, 6.45) is 0. The molecule has 0 aliphatic rings. The van der Waals surface area contributed by atoms with Gasteiger partial charge in [0.25, 0.3) is 0 Å². The molecule has 26 heavy (non-hydrogen) atoms. The monoisotopic (exact) mass is 422 g/mol. The predicted octanol–water partition coefficient (Wildman–Crippen LogP) is 3.76. The normalized spacial score (nSPS) is 11.4. The average Bonchev–Trinajstić information content (AvgIpc) is 2.65. The Morgan fingerprint density at radius 1 is 1.04 bits per heavy atom. The van der Waals surface area contributed by atoms with Crippen molar-refractivity contribution in [2.45, 2.75) is 13.0 Å². The molecule has 1 unspecified atom stereocenters.